The number of carboxylic acid groups (broad SMARTS) is 1. The van der Waals surface area contributed by atoms with E-state index in [1.807, 2.05) is 18.4 Å². The molecule has 6 nitrogen and oxygen atoms in total. The van der Waals surface area contributed by atoms with E-state index in [0.29, 0.717) is 18.5 Å². The van der Waals surface area contributed by atoms with E-state index in [-0.39, 0.29) is 12.5 Å². The summed E-state index contributed by atoms with van der Waals surface area (Å²) in [5, 5.41) is 12.2. The molecule has 2 rings (SSSR count). The number of fused-ring (bicyclic) bond motifs is 1. The molecule has 0 fully saturated rings. The summed E-state index contributed by atoms with van der Waals surface area (Å²) < 4.78 is 1.94. The molecular formula is C15H23N3O3. The van der Waals surface area contributed by atoms with Gasteiger partial charge in [0.1, 0.15) is 11.5 Å². The lowest BCUT2D eigenvalue weighted by molar-refractivity contribution is -0.149. The van der Waals surface area contributed by atoms with Crippen LogP contribution in [0.3, 0.4) is 0 Å². The molecule has 0 saturated carbocycles. The molecule has 2 heterocycles. The monoisotopic (exact) mass is 293 g/mol. The maximum atomic E-state index is 12.3. The Morgan fingerprint density at radius 1 is 1.38 bits per heavy atom. The number of aromatic nitrogens is 2. The molecule has 116 valence electrons. The first kappa shape index (κ1) is 15.5. The highest BCUT2D eigenvalue weighted by Crippen LogP contribution is 2.26. The number of amides is 1. The molecule has 2 N–H and O–H groups in total. The Bertz CT molecular complexity index is 532. The van der Waals surface area contributed by atoms with E-state index < -0.39 is 11.4 Å². The summed E-state index contributed by atoms with van der Waals surface area (Å²) in [4.78, 5) is 28.0. The van der Waals surface area contributed by atoms with Gasteiger partial charge in [-0.2, -0.15) is 0 Å². The van der Waals surface area contributed by atoms with Gasteiger partial charge < -0.3 is 15.0 Å². The summed E-state index contributed by atoms with van der Waals surface area (Å²) in [6, 6.07) is 0. The lowest BCUT2D eigenvalue weighted by atomic mass is 9.82. The zero-order valence-electron chi connectivity index (χ0n) is 12.7. The van der Waals surface area contributed by atoms with Crippen LogP contribution in [0.25, 0.3) is 0 Å². The predicted octanol–water partition coefficient (Wildman–Crippen LogP) is 1.84. The largest absolute Gasteiger partial charge is 0.481 e. The highest BCUT2D eigenvalue weighted by molar-refractivity contribution is 5.93. The second-order valence-electron chi connectivity index (χ2n) is 5.64. The Morgan fingerprint density at radius 3 is 2.71 bits per heavy atom. The molecule has 1 aliphatic rings. The minimum atomic E-state index is -0.888. The minimum absolute atomic E-state index is 0.147. The fourth-order valence-electron chi connectivity index (χ4n) is 2.82. The van der Waals surface area contributed by atoms with E-state index in [4.69, 9.17) is 0 Å². The normalized spacial score (nSPS) is 14.6. The molecule has 21 heavy (non-hydrogen) atoms. The topological polar surface area (TPSA) is 84.2 Å². The molecule has 6 heteroatoms. The van der Waals surface area contributed by atoms with Crippen molar-refractivity contribution < 1.29 is 14.7 Å². The molecular weight excluding hydrogens is 270 g/mol. The molecule has 1 amide bonds. The maximum absolute atomic E-state index is 12.3. The number of hydrogen-bond donors (Lipinski definition) is 2. The Morgan fingerprint density at radius 2 is 2.10 bits per heavy atom. The summed E-state index contributed by atoms with van der Waals surface area (Å²) >= 11 is 0. The fraction of sp³-hybridized carbons (Fsp3) is 0.667. The molecule has 0 saturated heterocycles. The highest BCUT2D eigenvalue weighted by Gasteiger charge is 2.35. The van der Waals surface area contributed by atoms with Crippen LogP contribution < -0.4 is 5.32 Å². The number of nitrogens with zero attached hydrogens (tertiary/aromatic N) is 2. The van der Waals surface area contributed by atoms with Gasteiger partial charge in [0.15, 0.2) is 0 Å². The third-order valence-corrected chi connectivity index (χ3v) is 4.60. The molecule has 0 atom stereocenters. The highest BCUT2D eigenvalue weighted by atomic mass is 16.4. The number of carbonyl (C=O) groups is 2. The number of carbonyl (C=O) groups excluding carboxylic acids is 1. The first-order valence-corrected chi connectivity index (χ1v) is 7.60. The second-order valence-corrected chi connectivity index (χ2v) is 5.64. The third kappa shape index (κ3) is 2.94. The average molecular weight is 293 g/mol. The van der Waals surface area contributed by atoms with Crippen LogP contribution in [-0.4, -0.2) is 33.1 Å². The van der Waals surface area contributed by atoms with Gasteiger partial charge in [0, 0.05) is 19.5 Å². The van der Waals surface area contributed by atoms with Gasteiger partial charge in [-0.05, 0) is 25.7 Å². The van der Waals surface area contributed by atoms with Crippen molar-refractivity contribution >= 4 is 11.9 Å². The Labute approximate surface area is 124 Å². The molecule has 1 aliphatic heterocycles. The average Bonchev–Trinajstić information content (AvgIpc) is 2.92. The van der Waals surface area contributed by atoms with Crippen LogP contribution in [-0.2, 0) is 17.8 Å². The Hall–Kier alpha value is -1.85. The number of aryl methyl sites for hydroxylation is 1. The number of nitrogens with one attached hydrogen (secondary N) is 1. The van der Waals surface area contributed by atoms with Gasteiger partial charge in [-0.3, -0.25) is 9.59 Å². The van der Waals surface area contributed by atoms with E-state index >= 15 is 0 Å². The Kier molecular flexibility index (Phi) is 4.65. The zero-order chi connectivity index (χ0) is 15.5. The van der Waals surface area contributed by atoms with Crippen molar-refractivity contribution in [3.63, 3.8) is 0 Å². The zero-order valence-corrected chi connectivity index (χ0v) is 12.7. The van der Waals surface area contributed by atoms with Gasteiger partial charge in [0.2, 0.25) is 0 Å². The molecule has 0 spiro atoms. The van der Waals surface area contributed by atoms with Gasteiger partial charge in [0.25, 0.3) is 5.91 Å². The van der Waals surface area contributed by atoms with Gasteiger partial charge in [0.05, 0.1) is 11.6 Å². The van der Waals surface area contributed by atoms with Gasteiger partial charge in [-0.15, -0.1) is 0 Å². The van der Waals surface area contributed by atoms with Gasteiger partial charge in [-0.1, -0.05) is 13.8 Å². The first-order valence-electron chi connectivity index (χ1n) is 7.60. The quantitative estimate of drug-likeness (QED) is 0.838. The van der Waals surface area contributed by atoms with Crippen LogP contribution in [0.15, 0.2) is 6.20 Å². The van der Waals surface area contributed by atoms with Crippen molar-refractivity contribution in [2.45, 2.75) is 52.5 Å². The second kappa shape index (κ2) is 6.28. The standard InChI is InChI=1S/C15H23N3O3/c1-3-15(4-2,14(20)21)10-17-13(19)11-9-16-12-7-5-6-8-18(11)12/h9H,3-8,10H2,1-2H3,(H,17,19)(H,20,21). The van der Waals surface area contributed by atoms with Crippen LogP contribution in [0.1, 0.15) is 55.8 Å². The minimum Gasteiger partial charge on any atom is -0.481 e. The van der Waals surface area contributed by atoms with Crippen molar-refractivity contribution in [1.82, 2.24) is 14.9 Å². The van der Waals surface area contributed by atoms with E-state index in [1.54, 1.807) is 6.20 Å². The smallest absolute Gasteiger partial charge is 0.311 e. The van der Waals surface area contributed by atoms with Crippen molar-refractivity contribution in [3.8, 4) is 0 Å². The maximum Gasteiger partial charge on any atom is 0.311 e. The fourth-order valence-corrected chi connectivity index (χ4v) is 2.82. The van der Waals surface area contributed by atoms with E-state index in [1.165, 1.54) is 0 Å². The summed E-state index contributed by atoms with van der Waals surface area (Å²) in [5.41, 5.74) is -0.350. The van der Waals surface area contributed by atoms with Crippen molar-refractivity contribution in [1.29, 1.82) is 0 Å². The van der Waals surface area contributed by atoms with E-state index in [9.17, 15) is 14.7 Å². The van der Waals surface area contributed by atoms with Crippen LogP contribution in [0.5, 0.6) is 0 Å². The van der Waals surface area contributed by atoms with E-state index in [2.05, 4.69) is 10.3 Å². The molecule has 0 radical (unpaired) electrons. The number of aliphatic carboxylic acids is 1. The summed E-state index contributed by atoms with van der Waals surface area (Å²) in [7, 11) is 0. The molecule has 0 unspecified atom stereocenters. The first-order chi connectivity index (χ1) is 10.0. The lowest BCUT2D eigenvalue weighted by Crippen LogP contribution is -2.42. The Balaban J connectivity index is 2.08. The summed E-state index contributed by atoms with van der Waals surface area (Å²) in [6.45, 7) is 4.63. The molecule has 0 aliphatic carbocycles. The van der Waals surface area contributed by atoms with Crippen LogP contribution >= 0.6 is 0 Å². The van der Waals surface area contributed by atoms with Crippen LogP contribution in [0, 0.1) is 5.41 Å². The van der Waals surface area contributed by atoms with Crippen LogP contribution in [0.2, 0.25) is 0 Å². The third-order valence-electron chi connectivity index (χ3n) is 4.60. The summed E-state index contributed by atoms with van der Waals surface area (Å²) in [6.07, 6.45) is 5.62. The number of hydrogen-bond acceptors (Lipinski definition) is 3. The number of imidazole rings is 1. The SMILES string of the molecule is CCC(CC)(CNC(=O)c1cnc2n1CCCC2)C(=O)O. The lowest BCUT2D eigenvalue weighted by Gasteiger charge is -2.27. The summed E-state index contributed by atoms with van der Waals surface area (Å²) in [5.74, 6) is -0.145. The van der Waals surface area contributed by atoms with Gasteiger partial charge >= 0.3 is 5.97 Å². The molecule has 0 bridgehead atoms. The number of carboxylic acids is 1. The number of rotatable bonds is 6. The molecule has 0 aromatic carbocycles. The molecule has 1 aromatic heterocycles. The van der Waals surface area contributed by atoms with Crippen molar-refractivity contribution in [3.05, 3.63) is 17.7 Å². The van der Waals surface area contributed by atoms with E-state index in [0.717, 1.165) is 31.6 Å². The molecule has 1 aromatic rings. The predicted molar refractivity (Wildman–Crippen MR) is 78.1 cm³/mol. The van der Waals surface area contributed by atoms with Crippen molar-refractivity contribution in [2.24, 2.45) is 5.41 Å². The van der Waals surface area contributed by atoms with Gasteiger partial charge in [-0.25, -0.2) is 4.98 Å². The van der Waals surface area contributed by atoms with Crippen molar-refractivity contribution in [2.75, 3.05) is 6.54 Å². The van der Waals surface area contributed by atoms with Crippen LogP contribution in [0.4, 0.5) is 0 Å².